The van der Waals surface area contributed by atoms with E-state index in [0.29, 0.717) is 18.9 Å². The van der Waals surface area contributed by atoms with Gasteiger partial charge in [-0.2, -0.15) is 0 Å². The zero-order chi connectivity index (χ0) is 11.5. The van der Waals surface area contributed by atoms with Gasteiger partial charge in [0.2, 0.25) is 0 Å². The molecular formula is C13H24FNO. The van der Waals surface area contributed by atoms with Crippen LogP contribution >= 0.6 is 0 Å². The number of halogens is 1. The van der Waals surface area contributed by atoms with Crippen LogP contribution < -0.4 is 0 Å². The van der Waals surface area contributed by atoms with Crippen molar-refractivity contribution < 1.29 is 9.13 Å². The van der Waals surface area contributed by atoms with Gasteiger partial charge in [-0.1, -0.05) is 13.8 Å². The van der Waals surface area contributed by atoms with E-state index in [0.717, 1.165) is 12.5 Å². The van der Waals surface area contributed by atoms with Crippen LogP contribution in [0.3, 0.4) is 0 Å². The number of alkyl halides is 1. The molecule has 0 aromatic heterocycles. The molecule has 2 aliphatic rings. The molecule has 0 aromatic rings. The Morgan fingerprint density at radius 3 is 2.88 bits per heavy atom. The van der Waals surface area contributed by atoms with Crippen LogP contribution in [0.25, 0.3) is 0 Å². The van der Waals surface area contributed by atoms with Crippen molar-refractivity contribution in [3.05, 3.63) is 0 Å². The van der Waals surface area contributed by atoms with E-state index in [4.69, 9.17) is 4.74 Å². The predicted molar refractivity (Wildman–Crippen MR) is 63.3 cm³/mol. The zero-order valence-electron chi connectivity index (χ0n) is 10.5. The maximum atomic E-state index is 13.1. The zero-order valence-corrected chi connectivity index (χ0v) is 10.5. The molecule has 0 aliphatic carbocycles. The number of likely N-dealkylation sites (tertiary alicyclic amines) is 1. The van der Waals surface area contributed by atoms with Gasteiger partial charge in [-0.25, -0.2) is 4.39 Å². The fourth-order valence-corrected chi connectivity index (χ4v) is 2.96. The molecule has 94 valence electrons. The predicted octanol–water partition coefficient (Wildman–Crippen LogP) is 2.48. The highest BCUT2D eigenvalue weighted by Crippen LogP contribution is 2.25. The van der Waals surface area contributed by atoms with Crippen LogP contribution in [-0.2, 0) is 4.74 Å². The molecule has 0 spiro atoms. The second-order valence-corrected chi connectivity index (χ2v) is 5.69. The topological polar surface area (TPSA) is 12.5 Å². The van der Waals surface area contributed by atoms with E-state index in [1.165, 1.54) is 25.9 Å². The van der Waals surface area contributed by atoms with E-state index in [1.807, 2.05) is 0 Å². The van der Waals surface area contributed by atoms with Gasteiger partial charge in [-0.05, 0) is 37.6 Å². The number of nitrogens with zero attached hydrogens (tertiary/aromatic N) is 1. The molecule has 4 atom stereocenters. The number of hydrogen-bond donors (Lipinski definition) is 0. The quantitative estimate of drug-likeness (QED) is 0.721. The van der Waals surface area contributed by atoms with Crippen molar-refractivity contribution in [1.82, 2.24) is 4.90 Å². The van der Waals surface area contributed by atoms with Gasteiger partial charge in [0.25, 0.3) is 0 Å². The maximum absolute atomic E-state index is 13.1. The van der Waals surface area contributed by atoms with Crippen LogP contribution in [0.5, 0.6) is 0 Å². The van der Waals surface area contributed by atoms with Gasteiger partial charge in [-0.3, -0.25) is 0 Å². The molecular weight excluding hydrogens is 205 g/mol. The van der Waals surface area contributed by atoms with Gasteiger partial charge < -0.3 is 9.64 Å². The van der Waals surface area contributed by atoms with E-state index in [-0.39, 0.29) is 6.10 Å². The Balaban J connectivity index is 1.80. The molecule has 2 nitrogen and oxygen atoms in total. The summed E-state index contributed by atoms with van der Waals surface area (Å²) < 4.78 is 18.7. The Kier molecular flexibility index (Phi) is 4.20. The Bertz CT molecular complexity index is 224. The first kappa shape index (κ1) is 12.3. The van der Waals surface area contributed by atoms with E-state index >= 15 is 0 Å². The molecule has 2 heterocycles. The first-order valence-corrected chi connectivity index (χ1v) is 6.63. The Labute approximate surface area is 98.1 Å². The second kappa shape index (κ2) is 5.46. The molecule has 2 saturated heterocycles. The summed E-state index contributed by atoms with van der Waals surface area (Å²) in [5, 5.41) is 0. The SMILES string of the molecule is C[C@@H]1CCCN(C[C@H]2OC[C@@H](F)C[C@H]2C)C1. The minimum Gasteiger partial charge on any atom is -0.374 e. The Morgan fingerprint density at radius 2 is 2.19 bits per heavy atom. The summed E-state index contributed by atoms with van der Waals surface area (Å²) in [6, 6.07) is 0. The van der Waals surface area contributed by atoms with E-state index in [2.05, 4.69) is 18.7 Å². The van der Waals surface area contributed by atoms with Crippen LogP contribution in [0, 0.1) is 11.8 Å². The summed E-state index contributed by atoms with van der Waals surface area (Å²) in [5.41, 5.74) is 0. The van der Waals surface area contributed by atoms with Crippen molar-refractivity contribution in [2.75, 3.05) is 26.2 Å². The molecule has 2 rings (SSSR count). The molecule has 0 saturated carbocycles. The van der Waals surface area contributed by atoms with Crippen LogP contribution in [0.2, 0.25) is 0 Å². The van der Waals surface area contributed by atoms with Crippen molar-refractivity contribution in [2.45, 2.75) is 45.4 Å². The summed E-state index contributed by atoms with van der Waals surface area (Å²) in [6.45, 7) is 8.11. The molecule has 0 aromatic carbocycles. The second-order valence-electron chi connectivity index (χ2n) is 5.69. The summed E-state index contributed by atoms with van der Waals surface area (Å²) in [5.74, 6) is 1.17. The third-order valence-electron chi connectivity index (χ3n) is 3.93. The lowest BCUT2D eigenvalue weighted by Crippen LogP contribution is -2.45. The fraction of sp³-hybridized carbons (Fsp3) is 1.00. The van der Waals surface area contributed by atoms with E-state index in [1.54, 1.807) is 0 Å². The van der Waals surface area contributed by atoms with Crippen molar-refractivity contribution in [3.63, 3.8) is 0 Å². The van der Waals surface area contributed by atoms with Gasteiger partial charge in [0.15, 0.2) is 0 Å². The number of hydrogen-bond acceptors (Lipinski definition) is 2. The van der Waals surface area contributed by atoms with Crippen LogP contribution in [0.4, 0.5) is 4.39 Å². The highest BCUT2D eigenvalue weighted by atomic mass is 19.1. The van der Waals surface area contributed by atoms with Gasteiger partial charge in [-0.15, -0.1) is 0 Å². The minimum absolute atomic E-state index is 0.247. The van der Waals surface area contributed by atoms with Crippen molar-refractivity contribution in [3.8, 4) is 0 Å². The highest BCUT2D eigenvalue weighted by molar-refractivity contribution is 4.80. The maximum Gasteiger partial charge on any atom is 0.124 e. The monoisotopic (exact) mass is 229 g/mol. The first-order chi connectivity index (χ1) is 7.65. The van der Waals surface area contributed by atoms with E-state index < -0.39 is 6.17 Å². The molecule has 0 radical (unpaired) electrons. The third kappa shape index (κ3) is 3.17. The van der Waals surface area contributed by atoms with Crippen molar-refractivity contribution >= 4 is 0 Å². The minimum atomic E-state index is -0.744. The fourth-order valence-electron chi connectivity index (χ4n) is 2.96. The standard InChI is InChI=1S/C13H24FNO/c1-10-4-3-5-15(7-10)8-13-11(2)6-12(14)9-16-13/h10-13H,3-9H2,1-2H3/t10-,11-,12+,13-/m1/s1. The Morgan fingerprint density at radius 1 is 1.38 bits per heavy atom. The van der Waals surface area contributed by atoms with Gasteiger partial charge >= 0.3 is 0 Å². The lowest BCUT2D eigenvalue weighted by molar-refractivity contribution is -0.0752. The molecule has 0 N–H and O–H groups in total. The van der Waals surface area contributed by atoms with E-state index in [9.17, 15) is 4.39 Å². The summed E-state index contributed by atoms with van der Waals surface area (Å²) in [4.78, 5) is 2.49. The highest BCUT2D eigenvalue weighted by Gasteiger charge is 2.30. The van der Waals surface area contributed by atoms with Gasteiger partial charge in [0.05, 0.1) is 12.7 Å². The van der Waals surface area contributed by atoms with Gasteiger partial charge in [0, 0.05) is 13.1 Å². The number of ether oxygens (including phenoxy) is 1. The average molecular weight is 229 g/mol. The van der Waals surface area contributed by atoms with Gasteiger partial charge in [0.1, 0.15) is 6.17 Å². The van der Waals surface area contributed by atoms with Crippen molar-refractivity contribution in [1.29, 1.82) is 0 Å². The summed E-state index contributed by atoms with van der Waals surface area (Å²) in [7, 11) is 0. The number of rotatable bonds is 2. The smallest absolute Gasteiger partial charge is 0.124 e. The van der Waals surface area contributed by atoms with Crippen LogP contribution in [0.15, 0.2) is 0 Å². The summed E-state index contributed by atoms with van der Waals surface area (Å²) >= 11 is 0. The van der Waals surface area contributed by atoms with Crippen molar-refractivity contribution in [2.24, 2.45) is 11.8 Å². The molecule has 0 bridgehead atoms. The lowest BCUT2D eigenvalue weighted by Gasteiger charge is -2.38. The molecule has 2 fully saturated rings. The molecule has 3 heteroatoms. The van der Waals surface area contributed by atoms with Crippen LogP contribution in [0.1, 0.15) is 33.1 Å². The molecule has 16 heavy (non-hydrogen) atoms. The number of piperidine rings is 1. The Hall–Kier alpha value is -0.150. The largest absolute Gasteiger partial charge is 0.374 e. The van der Waals surface area contributed by atoms with Crippen LogP contribution in [-0.4, -0.2) is 43.4 Å². The summed E-state index contributed by atoms with van der Waals surface area (Å²) in [6.07, 6.45) is 2.83. The molecule has 2 aliphatic heterocycles. The lowest BCUT2D eigenvalue weighted by atomic mass is 9.93. The molecule has 0 unspecified atom stereocenters. The third-order valence-corrected chi connectivity index (χ3v) is 3.93. The average Bonchev–Trinajstić information content (AvgIpc) is 2.22. The normalized spacial score (nSPS) is 42.2. The molecule has 0 amide bonds. The first-order valence-electron chi connectivity index (χ1n) is 6.63.